The molecule has 0 bridgehead atoms. The van der Waals surface area contributed by atoms with E-state index >= 15 is 0 Å². The Balaban J connectivity index is 1.56. The molecule has 2 aliphatic rings. The lowest BCUT2D eigenvalue weighted by atomic mass is 10.1. The van der Waals surface area contributed by atoms with E-state index in [1.165, 1.54) is 12.8 Å². The molecule has 7 nitrogen and oxygen atoms in total. The predicted octanol–water partition coefficient (Wildman–Crippen LogP) is 2.94. The number of thioether (sulfide) groups is 1. The van der Waals surface area contributed by atoms with E-state index in [1.54, 1.807) is 11.3 Å². The maximum Gasteiger partial charge on any atom is 0.206 e. The molecule has 0 radical (unpaired) electrons. The number of rotatable bonds is 5. The van der Waals surface area contributed by atoms with Gasteiger partial charge in [0.05, 0.1) is 4.88 Å². The number of anilines is 1. The van der Waals surface area contributed by atoms with Crippen LogP contribution in [0.2, 0.25) is 0 Å². The fourth-order valence-corrected chi connectivity index (χ4v) is 5.91. The summed E-state index contributed by atoms with van der Waals surface area (Å²) < 4.78 is 0. The minimum atomic E-state index is 0.570. The van der Waals surface area contributed by atoms with E-state index in [0.29, 0.717) is 11.1 Å². The molecule has 4 heterocycles. The molecule has 2 fully saturated rings. The number of benzene rings is 1. The Bertz CT molecular complexity index is 930. The van der Waals surface area contributed by atoms with Crippen LogP contribution in [0, 0.1) is 0 Å². The fourth-order valence-electron chi connectivity index (χ4n) is 3.34. The maximum absolute atomic E-state index is 4.86. The zero-order chi connectivity index (χ0) is 18.2. The first-order chi connectivity index (χ1) is 13.3. The quantitative estimate of drug-likeness (QED) is 0.551. The van der Waals surface area contributed by atoms with E-state index in [-0.39, 0.29) is 0 Å². The van der Waals surface area contributed by atoms with Gasteiger partial charge in [0.1, 0.15) is 0 Å². The highest BCUT2D eigenvalue weighted by atomic mass is 32.2. The molecule has 0 atom stereocenters. The minimum Gasteiger partial charge on any atom is -0.348 e. The summed E-state index contributed by atoms with van der Waals surface area (Å²) in [5, 5.41) is 19.8. The van der Waals surface area contributed by atoms with E-state index in [9.17, 15) is 0 Å². The monoisotopic (exact) mass is 417 g/mol. The number of hydrogen-bond acceptors (Lipinski definition) is 9. The summed E-state index contributed by atoms with van der Waals surface area (Å²) >= 11 is 8.43. The first kappa shape index (κ1) is 17.5. The van der Waals surface area contributed by atoms with Gasteiger partial charge in [-0.2, -0.15) is 5.21 Å². The van der Waals surface area contributed by atoms with Crippen molar-refractivity contribution in [1.29, 1.82) is 0 Å². The molecule has 0 saturated carbocycles. The van der Waals surface area contributed by atoms with Crippen LogP contribution in [0.15, 0.2) is 28.1 Å². The largest absolute Gasteiger partial charge is 0.348 e. The van der Waals surface area contributed by atoms with Gasteiger partial charge >= 0.3 is 0 Å². The first-order valence-corrected chi connectivity index (χ1v) is 11.1. The standard InChI is InChI=1S/C17H19N7S3/c25-15-12(26-10-7-18-8-10)4-3-11(14(15)16-20-22-23-21-16)13-9-19-17(27-13)24-5-1-2-6-24/h3-4,9-10,18,25H,1-2,5-8H2,(H,20,21,22,23). The van der Waals surface area contributed by atoms with E-state index in [1.807, 2.05) is 18.0 Å². The van der Waals surface area contributed by atoms with Gasteiger partial charge in [0.25, 0.3) is 0 Å². The van der Waals surface area contributed by atoms with Crippen molar-refractivity contribution >= 4 is 40.9 Å². The van der Waals surface area contributed by atoms with Gasteiger partial charge in [-0.3, -0.25) is 0 Å². The minimum absolute atomic E-state index is 0.570. The number of aromatic amines is 1. The summed E-state index contributed by atoms with van der Waals surface area (Å²) in [5.41, 5.74) is 1.97. The van der Waals surface area contributed by atoms with Crippen molar-refractivity contribution < 1.29 is 0 Å². The lowest BCUT2D eigenvalue weighted by molar-refractivity contribution is 0.543. The molecular formula is C17H19N7S3. The number of aromatic nitrogens is 5. The van der Waals surface area contributed by atoms with E-state index in [2.05, 4.69) is 48.0 Å². The van der Waals surface area contributed by atoms with Crippen molar-refractivity contribution in [1.82, 2.24) is 30.9 Å². The number of H-pyrrole nitrogens is 1. The molecule has 0 amide bonds. The van der Waals surface area contributed by atoms with Crippen molar-refractivity contribution in [2.45, 2.75) is 27.9 Å². The van der Waals surface area contributed by atoms with Crippen LogP contribution in [-0.4, -0.2) is 57.0 Å². The van der Waals surface area contributed by atoms with Gasteiger partial charge in [-0.15, -0.1) is 34.6 Å². The highest BCUT2D eigenvalue weighted by Gasteiger charge is 2.24. The average molecular weight is 418 g/mol. The molecule has 0 spiro atoms. The van der Waals surface area contributed by atoms with Crippen LogP contribution in [0.3, 0.4) is 0 Å². The Hall–Kier alpha value is -1.62. The Morgan fingerprint density at radius 3 is 2.78 bits per heavy atom. The number of thiol groups is 1. The molecule has 2 aromatic heterocycles. The third-order valence-corrected chi connectivity index (χ3v) is 7.85. The van der Waals surface area contributed by atoms with Crippen molar-refractivity contribution in [2.75, 3.05) is 31.1 Å². The fraction of sp³-hybridized carbons (Fsp3) is 0.412. The first-order valence-electron chi connectivity index (χ1n) is 8.98. The SMILES string of the molecule is Sc1c(SC2CNC2)ccc(-c2cnc(N3CCCC3)s2)c1-c1nn[nH]n1. The number of nitrogens with zero attached hydrogens (tertiary/aromatic N) is 5. The van der Waals surface area contributed by atoms with Crippen molar-refractivity contribution in [3.05, 3.63) is 18.3 Å². The van der Waals surface area contributed by atoms with Gasteiger partial charge in [-0.05, 0) is 24.1 Å². The molecule has 5 rings (SSSR count). The summed E-state index contributed by atoms with van der Waals surface area (Å²) in [4.78, 5) is 10.2. The molecular weight excluding hydrogens is 398 g/mol. The molecule has 1 aromatic carbocycles. The van der Waals surface area contributed by atoms with E-state index in [0.717, 1.165) is 57.1 Å². The number of thiazole rings is 1. The van der Waals surface area contributed by atoms with Crippen LogP contribution in [0.1, 0.15) is 12.8 Å². The molecule has 2 saturated heterocycles. The van der Waals surface area contributed by atoms with Crippen LogP contribution < -0.4 is 10.2 Å². The Morgan fingerprint density at radius 1 is 1.22 bits per heavy atom. The van der Waals surface area contributed by atoms with Crippen molar-refractivity contribution in [3.8, 4) is 21.8 Å². The van der Waals surface area contributed by atoms with E-state index < -0.39 is 0 Å². The molecule has 3 aromatic rings. The predicted molar refractivity (Wildman–Crippen MR) is 112 cm³/mol. The van der Waals surface area contributed by atoms with Crippen LogP contribution >= 0.6 is 35.7 Å². The van der Waals surface area contributed by atoms with Crippen LogP contribution in [0.4, 0.5) is 5.13 Å². The normalized spacial score (nSPS) is 17.4. The summed E-state index contributed by atoms with van der Waals surface area (Å²) in [5.74, 6) is 0.570. The third-order valence-electron chi connectivity index (χ3n) is 4.88. The van der Waals surface area contributed by atoms with Gasteiger partial charge in [-0.25, -0.2) is 4.98 Å². The van der Waals surface area contributed by atoms with Gasteiger partial charge in [0, 0.05) is 58.5 Å². The molecule has 2 N–H and O–H groups in total. The second-order valence-electron chi connectivity index (χ2n) is 6.67. The second kappa shape index (κ2) is 7.42. The molecule has 140 valence electrons. The summed E-state index contributed by atoms with van der Waals surface area (Å²) in [6, 6.07) is 4.29. The summed E-state index contributed by atoms with van der Waals surface area (Å²) in [6.07, 6.45) is 4.44. The molecule has 27 heavy (non-hydrogen) atoms. The maximum atomic E-state index is 4.86. The van der Waals surface area contributed by atoms with Gasteiger partial charge in [0.15, 0.2) is 5.13 Å². The number of hydrogen-bond donors (Lipinski definition) is 3. The average Bonchev–Trinajstić information content (AvgIpc) is 3.40. The molecule has 2 aliphatic heterocycles. The van der Waals surface area contributed by atoms with Crippen LogP contribution in [0.5, 0.6) is 0 Å². The lowest BCUT2D eigenvalue weighted by Crippen LogP contribution is -2.44. The molecule has 10 heteroatoms. The second-order valence-corrected chi connectivity index (χ2v) is 9.47. The van der Waals surface area contributed by atoms with Crippen molar-refractivity contribution in [2.24, 2.45) is 0 Å². The Labute approximate surface area is 170 Å². The highest BCUT2D eigenvalue weighted by molar-refractivity contribution is 8.00. The van der Waals surface area contributed by atoms with E-state index in [4.69, 9.17) is 12.6 Å². The summed E-state index contributed by atoms with van der Waals surface area (Å²) in [6.45, 7) is 4.25. The molecule has 0 aliphatic carbocycles. The van der Waals surface area contributed by atoms with Crippen LogP contribution in [-0.2, 0) is 0 Å². The number of tetrazole rings is 1. The van der Waals surface area contributed by atoms with Gasteiger partial charge in [-0.1, -0.05) is 17.4 Å². The Kier molecular flexibility index (Phi) is 4.80. The van der Waals surface area contributed by atoms with Gasteiger partial charge < -0.3 is 10.2 Å². The summed E-state index contributed by atoms with van der Waals surface area (Å²) in [7, 11) is 0. The van der Waals surface area contributed by atoms with Crippen molar-refractivity contribution in [3.63, 3.8) is 0 Å². The highest BCUT2D eigenvalue weighted by Crippen LogP contribution is 2.44. The zero-order valence-electron chi connectivity index (χ0n) is 14.6. The lowest BCUT2D eigenvalue weighted by Gasteiger charge is -2.27. The van der Waals surface area contributed by atoms with Crippen LogP contribution in [0.25, 0.3) is 21.8 Å². The smallest absolute Gasteiger partial charge is 0.206 e. The number of nitrogens with one attached hydrogen (secondary N) is 2. The Morgan fingerprint density at radius 2 is 2.07 bits per heavy atom. The third kappa shape index (κ3) is 3.35. The topological polar surface area (TPSA) is 82.6 Å². The zero-order valence-corrected chi connectivity index (χ0v) is 17.1. The molecule has 0 unspecified atom stereocenters. The van der Waals surface area contributed by atoms with Gasteiger partial charge in [0.2, 0.25) is 5.82 Å².